The van der Waals surface area contributed by atoms with Crippen LogP contribution in [0.2, 0.25) is 0 Å². The number of carboxylic acid groups (broad SMARTS) is 1. The predicted octanol–water partition coefficient (Wildman–Crippen LogP) is 4.26. The molecule has 104 valence electrons. The molecule has 3 heteroatoms. The quantitative estimate of drug-likeness (QED) is 0.775. The van der Waals surface area contributed by atoms with Gasteiger partial charge in [0, 0.05) is 5.39 Å². The molecule has 0 aromatic heterocycles. The summed E-state index contributed by atoms with van der Waals surface area (Å²) in [6.45, 7) is 0. The molecule has 21 heavy (non-hydrogen) atoms. The summed E-state index contributed by atoms with van der Waals surface area (Å²) < 4.78 is 5.90. The Bertz CT molecular complexity index is 779. The number of hydrogen-bond acceptors (Lipinski definition) is 2. The van der Waals surface area contributed by atoms with Crippen LogP contribution in [0.25, 0.3) is 10.8 Å². The van der Waals surface area contributed by atoms with Crippen LogP contribution in [0.15, 0.2) is 66.7 Å². The minimum absolute atomic E-state index is 0.00608. The van der Waals surface area contributed by atoms with Gasteiger partial charge < -0.3 is 9.84 Å². The second kappa shape index (κ2) is 5.67. The van der Waals surface area contributed by atoms with Crippen molar-refractivity contribution in [1.29, 1.82) is 0 Å². The second-order valence-electron chi connectivity index (χ2n) is 4.75. The molecule has 0 aliphatic carbocycles. The molecule has 1 N–H and O–H groups in total. The maximum Gasteiger partial charge on any atom is 0.307 e. The summed E-state index contributed by atoms with van der Waals surface area (Å²) in [4.78, 5) is 11.0. The van der Waals surface area contributed by atoms with Gasteiger partial charge in [-0.15, -0.1) is 0 Å². The Balaban J connectivity index is 2.06. The van der Waals surface area contributed by atoms with E-state index in [2.05, 4.69) is 0 Å². The van der Waals surface area contributed by atoms with Crippen LogP contribution in [0.5, 0.6) is 11.5 Å². The Kier molecular flexibility index (Phi) is 3.56. The zero-order valence-corrected chi connectivity index (χ0v) is 11.3. The van der Waals surface area contributed by atoms with Gasteiger partial charge >= 0.3 is 5.97 Å². The first-order valence-corrected chi connectivity index (χ1v) is 6.69. The molecular formula is C18H14O3. The first-order chi connectivity index (χ1) is 10.2. The molecule has 0 saturated carbocycles. The molecule has 0 aliphatic rings. The van der Waals surface area contributed by atoms with E-state index in [1.54, 1.807) is 0 Å². The number of benzene rings is 3. The molecule has 3 aromatic carbocycles. The third kappa shape index (κ3) is 2.87. The highest BCUT2D eigenvalue weighted by Crippen LogP contribution is 2.32. The fourth-order valence-corrected chi connectivity index (χ4v) is 2.36. The minimum Gasteiger partial charge on any atom is -0.481 e. The van der Waals surface area contributed by atoms with Crippen LogP contribution in [0.4, 0.5) is 0 Å². The van der Waals surface area contributed by atoms with Crippen LogP contribution >= 0.6 is 0 Å². The molecule has 0 amide bonds. The highest BCUT2D eigenvalue weighted by atomic mass is 16.5. The van der Waals surface area contributed by atoms with E-state index in [9.17, 15) is 4.79 Å². The van der Waals surface area contributed by atoms with Gasteiger partial charge in [0.15, 0.2) is 0 Å². The van der Waals surface area contributed by atoms with Crippen molar-refractivity contribution >= 4 is 16.7 Å². The third-order valence-corrected chi connectivity index (χ3v) is 3.29. The summed E-state index contributed by atoms with van der Waals surface area (Å²) in [5.41, 5.74) is 0.790. The third-order valence-electron chi connectivity index (χ3n) is 3.29. The van der Waals surface area contributed by atoms with Gasteiger partial charge in [0.2, 0.25) is 0 Å². The number of para-hydroxylation sites is 1. The van der Waals surface area contributed by atoms with Crippen LogP contribution < -0.4 is 4.74 Å². The average molecular weight is 278 g/mol. The van der Waals surface area contributed by atoms with E-state index in [4.69, 9.17) is 9.84 Å². The molecule has 3 rings (SSSR count). The first-order valence-electron chi connectivity index (χ1n) is 6.69. The fraction of sp³-hybridized carbons (Fsp3) is 0.0556. The normalized spacial score (nSPS) is 10.5. The highest BCUT2D eigenvalue weighted by Gasteiger charge is 2.09. The molecule has 3 aromatic rings. The topological polar surface area (TPSA) is 46.5 Å². The number of fused-ring (bicyclic) bond motifs is 1. The molecule has 0 fully saturated rings. The maximum absolute atomic E-state index is 11.0. The lowest BCUT2D eigenvalue weighted by atomic mass is 10.0. The van der Waals surface area contributed by atoms with Crippen molar-refractivity contribution in [2.45, 2.75) is 6.42 Å². The Labute approximate surface area is 122 Å². The predicted molar refractivity (Wildman–Crippen MR) is 81.8 cm³/mol. The second-order valence-corrected chi connectivity index (χ2v) is 4.75. The number of carbonyl (C=O) groups is 1. The van der Waals surface area contributed by atoms with E-state index in [1.807, 2.05) is 66.7 Å². The standard InChI is InChI=1S/C18H14O3/c19-18(20)12-13-10-11-17(16-9-5-4-8-15(13)16)21-14-6-2-1-3-7-14/h1-11H,12H2,(H,19,20). The molecule has 3 nitrogen and oxygen atoms in total. The maximum atomic E-state index is 11.0. The molecule has 0 atom stereocenters. The number of aliphatic carboxylic acids is 1. The average Bonchev–Trinajstić information content (AvgIpc) is 2.50. The Morgan fingerprint density at radius 3 is 2.24 bits per heavy atom. The van der Waals surface area contributed by atoms with Crippen molar-refractivity contribution in [2.75, 3.05) is 0 Å². The summed E-state index contributed by atoms with van der Waals surface area (Å²) in [6.07, 6.45) is 0.00608. The van der Waals surface area contributed by atoms with Crippen LogP contribution in [0, 0.1) is 0 Å². The Morgan fingerprint density at radius 2 is 1.52 bits per heavy atom. The van der Waals surface area contributed by atoms with Gasteiger partial charge in [0.1, 0.15) is 11.5 Å². The summed E-state index contributed by atoms with van der Waals surface area (Å²) in [5, 5.41) is 10.8. The van der Waals surface area contributed by atoms with Gasteiger partial charge in [-0.2, -0.15) is 0 Å². The minimum atomic E-state index is -0.836. The lowest BCUT2D eigenvalue weighted by Gasteiger charge is -2.11. The van der Waals surface area contributed by atoms with Gasteiger partial charge in [-0.3, -0.25) is 4.79 Å². The van der Waals surface area contributed by atoms with Crippen molar-refractivity contribution < 1.29 is 14.6 Å². The van der Waals surface area contributed by atoms with Crippen molar-refractivity contribution in [3.63, 3.8) is 0 Å². The molecule has 0 saturated heterocycles. The lowest BCUT2D eigenvalue weighted by Crippen LogP contribution is -2.01. The van der Waals surface area contributed by atoms with Crippen LogP contribution in [0.3, 0.4) is 0 Å². The SMILES string of the molecule is O=C(O)Cc1ccc(Oc2ccccc2)c2ccccc12. The molecular weight excluding hydrogens is 264 g/mol. The monoisotopic (exact) mass is 278 g/mol. The summed E-state index contributed by atoms with van der Waals surface area (Å²) in [7, 11) is 0. The van der Waals surface area contributed by atoms with Crippen LogP contribution in [0.1, 0.15) is 5.56 Å². The molecule has 0 heterocycles. The Hall–Kier alpha value is -2.81. The number of rotatable bonds is 4. The van der Waals surface area contributed by atoms with Gasteiger partial charge in [-0.1, -0.05) is 48.5 Å². The number of ether oxygens (including phenoxy) is 1. The van der Waals surface area contributed by atoms with Crippen molar-refractivity contribution in [2.24, 2.45) is 0 Å². The molecule has 0 radical (unpaired) electrons. The van der Waals surface area contributed by atoms with Crippen molar-refractivity contribution in [3.8, 4) is 11.5 Å². The first kappa shape index (κ1) is 13.2. The largest absolute Gasteiger partial charge is 0.481 e. The number of carboxylic acids is 1. The van der Waals surface area contributed by atoms with Crippen molar-refractivity contribution in [3.05, 3.63) is 72.3 Å². The lowest BCUT2D eigenvalue weighted by molar-refractivity contribution is -0.136. The van der Waals surface area contributed by atoms with E-state index in [-0.39, 0.29) is 6.42 Å². The summed E-state index contributed by atoms with van der Waals surface area (Å²) in [6, 6.07) is 20.9. The van der Waals surface area contributed by atoms with E-state index < -0.39 is 5.97 Å². The molecule has 0 spiro atoms. The molecule has 0 unspecified atom stereocenters. The smallest absolute Gasteiger partial charge is 0.307 e. The van der Waals surface area contributed by atoms with Gasteiger partial charge in [-0.25, -0.2) is 0 Å². The van der Waals surface area contributed by atoms with Gasteiger partial charge in [0.25, 0.3) is 0 Å². The summed E-state index contributed by atoms with van der Waals surface area (Å²) >= 11 is 0. The van der Waals surface area contributed by atoms with E-state index in [1.165, 1.54) is 0 Å². The summed E-state index contributed by atoms with van der Waals surface area (Å²) in [5.74, 6) is 0.649. The number of hydrogen-bond donors (Lipinski definition) is 1. The fourth-order valence-electron chi connectivity index (χ4n) is 2.36. The molecule has 0 aliphatic heterocycles. The molecule has 0 bridgehead atoms. The zero-order chi connectivity index (χ0) is 14.7. The van der Waals surface area contributed by atoms with E-state index in [0.717, 1.165) is 27.8 Å². The van der Waals surface area contributed by atoms with Gasteiger partial charge in [-0.05, 0) is 29.1 Å². The van der Waals surface area contributed by atoms with Crippen LogP contribution in [-0.2, 0) is 11.2 Å². The Morgan fingerprint density at radius 1 is 0.857 bits per heavy atom. The zero-order valence-electron chi connectivity index (χ0n) is 11.3. The van der Waals surface area contributed by atoms with Crippen molar-refractivity contribution in [1.82, 2.24) is 0 Å². The van der Waals surface area contributed by atoms with Crippen LogP contribution in [-0.4, -0.2) is 11.1 Å². The highest BCUT2D eigenvalue weighted by molar-refractivity contribution is 5.93. The van der Waals surface area contributed by atoms with E-state index in [0.29, 0.717) is 0 Å². The van der Waals surface area contributed by atoms with Gasteiger partial charge in [0.05, 0.1) is 6.42 Å². The van der Waals surface area contributed by atoms with E-state index >= 15 is 0 Å².